The summed E-state index contributed by atoms with van der Waals surface area (Å²) in [5.74, 6) is 1.25. The van der Waals surface area contributed by atoms with Crippen LogP contribution in [-0.2, 0) is 0 Å². The quantitative estimate of drug-likeness (QED) is 0.635. The van der Waals surface area contributed by atoms with Crippen molar-refractivity contribution in [3.05, 3.63) is 12.7 Å². The van der Waals surface area contributed by atoms with E-state index in [1.54, 1.807) is 0 Å². The van der Waals surface area contributed by atoms with Crippen molar-refractivity contribution in [1.82, 2.24) is 4.90 Å². The summed E-state index contributed by atoms with van der Waals surface area (Å²) in [5, 5.41) is 0. The van der Waals surface area contributed by atoms with Crippen LogP contribution >= 0.6 is 0 Å². The van der Waals surface area contributed by atoms with Gasteiger partial charge in [0.25, 0.3) is 0 Å². The molecule has 0 aromatic heterocycles. The smallest absolute Gasteiger partial charge is 0.0163 e. The second-order valence-electron chi connectivity index (χ2n) is 4.58. The molecule has 0 rings (SSSR count). The van der Waals surface area contributed by atoms with Crippen molar-refractivity contribution < 1.29 is 0 Å². The summed E-state index contributed by atoms with van der Waals surface area (Å²) in [4.78, 5) is 2.42. The standard InChI is InChI=1S/C12H26N2/c1-6-7-14(11(4)5)9-12(8-13)10(2)3/h6,10-12H,1,7-9,13H2,2-5H3. The Morgan fingerprint density at radius 2 is 1.86 bits per heavy atom. The van der Waals surface area contributed by atoms with E-state index in [2.05, 4.69) is 39.2 Å². The molecule has 0 aliphatic rings. The van der Waals surface area contributed by atoms with Crippen molar-refractivity contribution in [3.8, 4) is 0 Å². The Morgan fingerprint density at radius 1 is 1.29 bits per heavy atom. The number of rotatable bonds is 7. The Bertz CT molecular complexity index is 152. The average molecular weight is 198 g/mol. The van der Waals surface area contributed by atoms with Crippen LogP contribution in [-0.4, -0.2) is 30.6 Å². The zero-order valence-electron chi connectivity index (χ0n) is 10.2. The van der Waals surface area contributed by atoms with Crippen LogP contribution in [0.15, 0.2) is 12.7 Å². The highest BCUT2D eigenvalue weighted by molar-refractivity contribution is 4.79. The van der Waals surface area contributed by atoms with Gasteiger partial charge < -0.3 is 5.73 Å². The first kappa shape index (κ1) is 13.7. The Morgan fingerprint density at radius 3 is 2.14 bits per heavy atom. The summed E-state index contributed by atoms with van der Waals surface area (Å²) in [6.07, 6.45) is 1.97. The molecular weight excluding hydrogens is 172 g/mol. The van der Waals surface area contributed by atoms with E-state index in [9.17, 15) is 0 Å². The topological polar surface area (TPSA) is 29.3 Å². The summed E-state index contributed by atoms with van der Waals surface area (Å²) in [5.41, 5.74) is 5.77. The van der Waals surface area contributed by atoms with Gasteiger partial charge in [0.15, 0.2) is 0 Å². The minimum Gasteiger partial charge on any atom is -0.330 e. The monoisotopic (exact) mass is 198 g/mol. The first-order valence-corrected chi connectivity index (χ1v) is 5.57. The molecule has 0 radical (unpaired) electrons. The molecule has 1 atom stereocenters. The summed E-state index contributed by atoms with van der Waals surface area (Å²) in [6.45, 7) is 15.5. The van der Waals surface area contributed by atoms with Crippen LogP contribution in [0.4, 0.5) is 0 Å². The molecule has 14 heavy (non-hydrogen) atoms. The fourth-order valence-corrected chi connectivity index (χ4v) is 1.52. The van der Waals surface area contributed by atoms with Crippen LogP contribution in [0.3, 0.4) is 0 Å². The van der Waals surface area contributed by atoms with Crippen LogP contribution in [0.1, 0.15) is 27.7 Å². The summed E-state index contributed by atoms with van der Waals surface area (Å²) >= 11 is 0. The Kier molecular flexibility index (Phi) is 6.85. The molecule has 84 valence electrons. The predicted molar refractivity (Wildman–Crippen MR) is 64.3 cm³/mol. The molecule has 0 aliphatic heterocycles. The molecule has 0 bridgehead atoms. The minimum absolute atomic E-state index is 0.570. The molecule has 0 heterocycles. The van der Waals surface area contributed by atoms with Gasteiger partial charge in [0.2, 0.25) is 0 Å². The lowest BCUT2D eigenvalue weighted by Crippen LogP contribution is -2.39. The van der Waals surface area contributed by atoms with Crippen molar-refractivity contribution in [2.24, 2.45) is 17.6 Å². The maximum absolute atomic E-state index is 5.77. The van der Waals surface area contributed by atoms with Gasteiger partial charge >= 0.3 is 0 Å². The first-order valence-electron chi connectivity index (χ1n) is 5.57. The van der Waals surface area contributed by atoms with E-state index >= 15 is 0 Å². The molecular formula is C12H26N2. The van der Waals surface area contributed by atoms with Gasteiger partial charge in [-0.2, -0.15) is 0 Å². The predicted octanol–water partition coefficient (Wildman–Crippen LogP) is 2.11. The fraction of sp³-hybridized carbons (Fsp3) is 0.833. The Hall–Kier alpha value is -0.340. The lowest BCUT2D eigenvalue weighted by atomic mass is 9.95. The molecule has 2 heteroatoms. The van der Waals surface area contributed by atoms with Crippen LogP contribution in [0, 0.1) is 11.8 Å². The number of nitrogens with zero attached hydrogens (tertiary/aromatic N) is 1. The first-order chi connectivity index (χ1) is 6.52. The van der Waals surface area contributed by atoms with Gasteiger partial charge in [-0.15, -0.1) is 6.58 Å². The molecule has 0 aromatic carbocycles. The third-order valence-corrected chi connectivity index (χ3v) is 2.81. The molecule has 0 amide bonds. The van der Waals surface area contributed by atoms with Gasteiger partial charge in [-0.25, -0.2) is 0 Å². The van der Waals surface area contributed by atoms with Gasteiger partial charge in [-0.05, 0) is 32.2 Å². The van der Waals surface area contributed by atoms with Crippen molar-refractivity contribution >= 4 is 0 Å². The van der Waals surface area contributed by atoms with Gasteiger partial charge in [0.1, 0.15) is 0 Å². The zero-order valence-corrected chi connectivity index (χ0v) is 10.2. The highest BCUT2D eigenvalue weighted by Crippen LogP contribution is 2.12. The molecule has 0 fully saturated rings. The SMILES string of the molecule is C=CCN(CC(CN)C(C)C)C(C)C. The molecule has 0 saturated heterocycles. The zero-order chi connectivity index (χ0) is 11.1. The van der Waals surface area contributed by atoms with Gasteiger partial charge in [0.05, 0.1) is 0 Å². The largest absolute Gasteiger partial charge is 0.330 e. The van der Waals surface area contributed by atoms with E-state index in [-0.39, 0.29) is 0 Å². The summed E-state index contributed by atoms with van der Waals surface area (Å²) in [7, 11) is 0. The van der Waals surface area contributed by atoms with Gasteiger partial charge in [-0.1, -0.05) is 19.9 Å². The van der Waals surface area contributed by atoms with Crippen molar-refractivity contribution in [2.75, 3.05) is 19.6 Å². The maximum atomic E-state index is 5.77. The van der Waals surface area contributed by atoms with Gasteiger partial charge in [-0.3, -0.25) is 4.90 Å². The van der Waals surface area contributed by atoms with Crippen LogP contribution in [0.25, 0.3) is 0 Å². The highest BCUT2D eigenvalue weighted by atomic mass is 15.1. The van der Waals surface area contributed by atoms with E-state index in [0.717, 1.165) is 19.6 Å². The van der Waals surface area contributed by atoms with Crippen molar-refractivity contribution in [2.45, 2.75) is 33.7 Å². The van der Waals surface area contributed by atoms with Crippen molar-refractivity contribution in [3.63, 3.8) is 0 Å². The molecule has 1 unspecified atom stereocenters. The second-order valence-corrected chi connectivity index (χ2v) is 4.58. The van der Waals surface area contributed by atoms with E-state index in [4.69, 9.17) is 5.73 Å². The Balaban J connectivity index is 4.17. The number of hydrogen-bond acceptors (Lipinski definition) is 2. The molecule has 2 N–H and O–H groups in total. The van der Waals surface area contributed by atoms with E-state index < -0.39 is 0 Å². The highest BCUT2D eigenvalue weighted by Gasteiger charge is 2.17. The summed E-state index contributed by atoms with van der Waals surface area (Å²) in [6, 6.07) is 0.570. The maximum Gasteiger partial charge on any atom is 0.0163 e. The average Bonchev–Trinajstić information content (AvgIpc) is 2.11. The lowest BCUT2D eigenvalue weighted by molar-refractivity contribution is 0.185. The van der Waals surface area contributed by atoms with Crippen LogP contribution < -0.4 is 5.73 Å². The summed E-state index contributed by atoms with van der Waals surface area (Å²) < 4.78 is 0. The third kappa shape index (κ3) is 4.77. The van der Waals surface area contributed by atoms with Gasteiger partial charge in [0, 0.05) is 19.1 Å². The molecule has 0 saturated carbocycles. The fourth-order valence-electron chi connectivity index (χ4n) is 1.52. The number of nitrogens with two attached hydrogens (primary N) is 1. The minimum atomic E-state index is 0.570. The molecule has 2 nitrogen and oxygen atoms in total. The van der Waals surface area contributed by atoms with Crippen molar-refractivity contribution in [1.29, 1.82) is 0 Å². The van der Waals surface area contributed by atoms with E-state index in [0.29, 0.717) is 17.9 Å². The van der Waals surface area contributed by atoms with Crippen LogP contribution in [0.5, 0.6) is 0 Å². The molecule has 0 aliphatic carbocycles. The Labute approximate surface area is 89.2 Å². The third-order valence-electron chi connectivity index (χ3n) is 2.81. The normalized spacial score (nSPS) is 14.0. The number of hydrogen-bond donors (Lipinski definition) is 1. The van der Waals surface area contributed by atoms with E-state index in [1.165, 1.54) is 0 Å². The van der Waals surface area contributed by atoms with Crippen LogP contribution in [0.2, 0.25) is 0 Å². The second kappa shape index (κ2) is 7.02. The molecule has 0 spiro atoms. The molecule has 0 aromatic rings. The lowest BCUT2D eigenvalue weighted by Gasteiger charge is -2.31. The van der Waals surface area contributed by atoms with E-state index in [1.807, 2.05) is 6.08 Å².